The minimum atomic E-state index is -3.59. The Kier molecular flexibility index (Phi) is 3.90. The van der Waals surface area contributed by atoms with E-state index in [-0.39, 0.29) is 20.8 Å². The van der Waals surface area contributed by atoms with Crippen molar-refractivity contribution < 1.29 is 8.42 Å². The van der Waals surface area contributed by atoms with Gasteiger partial charge in [-0.2, -0.15) is 0 Å². The maximum absolute atomic E-state index is 12.2. The van der Waals surface area contributed by atoms with Crippen LogP contribution in [0.15, 0.2) is 47.6 Å². The van der Waals surface area contributed by atoms with Gasteiger partial charge in [0.1, 0.15) is 0 Å². The summed E-state index contributed by atoms with van der Waals surface area (Å²) in [4.78, 5) is 3.80. The summed E-state index contributed by atoms with van der Waals surface area (Å²) in [6, 6.07) is 10.3. The first kappa shape index (κ1) is 13.3. The number of aromatic nitrogens is 1. The van der Waals surface area contributed by atoms with Crippen molar-refractivity contribution >= 4 is 33.0 Å². The van der Waals surface area contributed by atoms with E-state index in [2.05, 4.69) is 4.98 Å². The van der Waals surface area contributed by atoms with E-state index in [0.29, 0.717) is 5.56 Å². The third-order valence-electron chi connectivity index (χ3n) is 2.30. The Morgan fingerprint density at radius 1 is 1.06 bits per heavy atom. The molecule has 0 aliphatic heterocycles. The van der Waals surface area contributed by atoms with Crippen LogP contribution in [-0.2, 0) is 15.6 Å². The number of hydrogen-bond acceptors (Lipinski definition) is 3. The molecule has 94 valence electrons. The maximum Gasteiger partial charge on any atom is 0.201 e. The number of nitrogens with zero attached hydrogens (tertiary/aromatic N) is 1. The van der Waals surface area contributed by atoms with Gasteiger partial charge in [-0.05, 0) is 11.6 Å². The Labute approximate surface area is 115 Å². The predicted octanol–water partition coefficient (Wildman–Crippen LogP) is 3.36. The molecule has 0 saturated carbocycles. The normalized spacial score (nSPS) is 11.4. The van der Waals surface area contributed by atoms with Gasteiger partial charge >= 0.3 is 0 Å². The maximum atomic E-state index is 12.2. The van der Waals surface area contributed by atoms with Gasteiger partial charge in [0.15, 0.2) is 5.03 Å². The van der Waals surface area contributed by atoms with Crippen molar-refractivity contribution in [2.75, 3.05) is 0 Å². The van der Waals surface area contributed by atoms with Crippen LogP contribution in [0.5, 0.6) is 0 Å². The van der Waals surface area contributed by atoms with Crippen molar-refractivity contribution in [1.82, 2.24) is 4.98 Å². The van der Waals surface area contributed by atoms with Crippen molar-refractivity contribution in [1.29, 1.82) is 0 Å². The van der Waals surface area contributed by atoms with E-state index in [1.807, 2.05) is 6.07 Å². The highest BCUT2D eigenvalue weighted by molar-refractivity contribution is 7.90. The highest BCUT2D eigenvalue weighted by atomic mass is 35.5. The fourth-order valence-corrected chi connectivity index (χ4v) is 3.52. The minimum absolute atomic E-state index is 0.0323. The molecule has 0 spiro atoms. The number of rotatable bonds is 3. The van der Waals surface area contributed by atoms with Gasteiger partial charge < -0.3 is 0 Å². The molecule has 0 radical (unpaired) electrons. The van der Waals surface area contributed by atoms with E-state index >= 15 is 0 Å². The second-order valence-corrected chi connectivity index (χ2v) is 6.35. The second-order valence-electron chi connectivity index (χ2n) is 3.66. The Morgan fingerprint density at radius 3 is 2.39 bits per heavy atom. The van der Waals surface area contributed by atoms with Gasteiger partial charge in [0.2, 0.25) is 9.84 Å². The molecule has 0 N–H and O–H groups in total. The molecule has 0 aliphatic rings. The van der Waals surface area contributed by atoms with Crippen LogP contribution in [0.25, 0.3) is 0 Å². The zero-order valence-corrected chi connectivity index (χ0v) is 11.5. The molecule has 2 aromatic rings. The third-order valence-corrected chi connectivity index (χ3v) is 4.82. The Morgan fingerprint density at radius 2 is 1.72 bits per heavy atom. The minimum Gasteiger partial charge on any atom is -0.243 e. The quantitative estimate of drug-likeness (QED) is 0.873. The first-order chi connectivity index (χ1) is 8.50. The molecule has 0 fully saturated rings. The van der Waals surface area contributed by atoms with Crippen LogP contribution in [0.1, 0.15) is 5.56 Å². The van der Waals surface area contributed by atoms with E-state index in [4.69, 9.17) is 23.2 Å². The van der Waals surface area contributed by atoms with Crippen LogP contribution in [0, 0.1) is 0 Å². The molecule has 0 amide bonds. The standard InChI is InChI=1S/C12H9Cl2NO2S/c13-10-6-7-15-12(11(10)14)18(16,17)8-9-4-2-1-3-5-9/h1-7H,8H2. The zero-order valence-electron chi connectivity index (χ0n) is 9.18. The van der Waals surface area contributed by atoms with Gasteiger partial charge in [0.25, 0.3) is 0 Å². The average Bonchev–Trinajstić information content (AvgIpc) is 2.33. The lowest BCUT2D eigenvalue weighted by atomic mass is 10.2. The fourth-order valence-electron chi connectivity index (χ4n) is 1.48. The van der Waals surface area contributed by atoms with E-state index in [9.17, 15) is 8.42 Å². The first-order valence-electron chi connectivity index (χ1n) is 5.07. The number of benzene rings is 1. The average molecular weight is 302 g/mol. The van der Waals surface area contributed by atoms with Crippen molar-refractivity contribution in [2.45, 2.75) is 10.8 Å². The molecular formula is C12H9Cl2NO2S. The number of sulfone groups is 1. The summed E-state index contributed by atoms with van der Waals surface area (Å²) in [6.07, 6.45) is 1.33. The molecule has 2 rings (SSSR count). The smallest absolute Gasteiger partial charge is 0.201 e. The van der Waals surface area contributed by atoms with E-state index < -0.39 is 9.84 Å². The molecule has 0 atom stereocenters. The van der Waals surface area contributed by atoms with Crippen molar-refractivity contribution in [3.05, 3.63) is 58.2 Å². The SMILES string of the molecule is O=S(=O)(Cc1ccccc1)c1nccc(Cl)c1Cl. The predicted molar refractivity (Wildman–Crippen MR) is 71.6 cm³/mol. The fraction of sp³-hybridized carbons (Fsp3) is 0.0833. The zero-order chi connectivity index (χ0) is 13.2. The second kappa shape index (κ2) is 5.26. The molecule has 1 aromatic carbocycles. The Balaban J connectivity index is 2.41. The van der Waals surface area contributed by atoms with Gasteiger partial charge in [0.05, 0.1) is 15.8 Å². The number of pyridine rings is 1. The Bertz CT molecular complexity index is 657. The largest absolute Gasteiger partial charge is 0.243 e. The molecule has 0 aliphatic carbocycles. The third kappa shape index (κ3) is 2.83. The highest BCUT2D eigenvalue weighted by Gasteiger charge is 2.21. The molecule has 3 nitrogen and oxygen atoms in total. The summed E-state index contributed by atoms with van der Waals surface area (Å²) in [5.74, 6) is -0.152. The number of halogens is 2. The molecule has 18 heavy (non-hydrogen) atoms. The summed E-state index contributed by atoms with van der Waals surface area (Å²) in [5, 5.41) is -0.0334. The molecule has 0 unspecified atom stereocenters. The lowest BCUT2D eigenvalue weighted by Gasteiger charge is -2.06. The summed E-state index contributed by atoms with van der Waals surface area (Å²) in [6.45, 7) is 0. The van der Waals surface area contributed by atoms with Gasteiger partial charge in [-0.1, -0.05) is 53.5 Å². The molecule has 6 heteroatoms. The van der Waals surface area contributed by atoms with Gasteiger partial charge in [-0.15, -0.1) is 0 Å². The van der Waals surface area contributed by atoms with Crippen LogP contribution in [-0.4, -0.2) is 13.4 Å². The molecule has 0 saturated heterocycles. The highest BCUT2D eigenvalue weighted by Crippen LogP contribution is 2.28. The van der Waals surface area contributed by atoms with Crippen LogP contribution in [0.2, 0.25) is 10.0 Å². The van der Waals surface area contributed by atoms with Crippen molar-refractivity contribution in [2.24, 2.45) is 0 Å². The Hall–Kier alpha value is -1.10. The van der Waals surface area contributed by atoms with Gasteiger partial charge in [-0.25, -0.2) is 13.4 Å². The lowest BCUT2D eigenvalue weighted by Crippen LogP contribution is -2.07. The molecule has 0 bridgehead atoms. The van der Waals surface area contributed by atoms with Gasteiger partial charge in [0, 0.05) is 6.20 Å². The van der Waals surface area contributed by atoms with Crippen LogP contribution in [0.4, 0.5) is 0 Å². The molecule has 1 aromatic heterocycles. The van der Waals surface area contributed by atoms with Gasteiger partial charge in [-0.3, -0.25) is 0 Å². The summed E-state index contributed by atoms with van der Waals surface area (Å²) >= 11 is 11.7. The van der Waals surface area contributed by atoms with Crippen molar-refractivity contribution in [3.8, 4) is 0 Å². The van der Waals surface area contributed by atoms with E-state index in [1.165, 1.54) is 12.3 Å². The van der Waals surface area contributed by atoms with E-state index in [0.717, 1.165) is 0 Å². The van der Waals surface area contributed by atoms with Crippen LogP contribution >= 0.6 is 23.2 Å². The molecular weight excluding hydrogens is 293 g/mol. The summed E-state index contributed by atoms with van der Waals surface area (Å²) in [5.41, 5.74) is 0.676. The number of hydrogen-bond donors (Lipinski definition) is 0. The monoisotopic (exact) mass is 301 g/mol. The van der Waals surface area contributed by atoms with Crippen LogP contribution in [0.3, 0.4) is 0 Å². The first-order valence-corrected chi connectivity index (χ1v) is 7.48. The summed E-state index contributed by atoms with van der Waals surface area (Å²) < 4.78 is 24.3. The topological polar surface area (TPSA) is 47.0 Å². The summed E-state index contributed by atoms with van der Waals surface area (Å²) in [7, 11) is -3.59. The molecule has 1 heterocycles. The lowest BCUT2D eigenvalue weighted by molar-refractivity contribution is 0.591. The van der Waals surface area contributed by atoms with Crippen molar-refractivity contribution in [3.63, 3.8) is 0 Å². The van der Waals surface area contributed by atoms with Crippen LogP contribution < -0.4 is 0 Å². The van der Waals surface area contributed by atoms with E-state index in [1.54, 1.807) is 24.3 Å².